The Morgan fingerprint density at radius 1 is 1.47 bits per heavy atom. The molecule has 2 atom stereocenters. The molecule has 3 N–H and O–H groups in total. The van der Waals surface area contributed by atoms with Gasteiger partial charge in [0.1, 0.15) is 5.75 Å². The average molecular weight is 262 g/mol. The molecule has 0 radical (unpaired) electrons. The zero-order valence-corrected chi connectivity index (χ0v) is 11.4. The monoisotopic (exact) mass is 262 g/mol. The molecule has 1 amide bonds. The molecule has 1 aliphatic rings. The Hall–Kier alpha value is -1.55. The second kappa shape index (κ2) is 6.57. The van der Waals surface area contributed by atoms with Crippen LogP contribution in [0.15, 0.2) is 24.3 Å². The Labute approximate surface area is 114 Å². The molecule has 104 valence electrons. The molecule has 1 aliphatic carbocycles. The Bertz CT molecular complexity index is 434. The van der Waals surface area contributed by atoms with E-state index in [1.807, 2.05) is 31.2 Å². The van der Waals surface area contributed by atoms with Crippen LogP contribution in [0.4, 0.5) is 5.69 Å². The number of ether oxygens (including phenoxy) is 1. The molecule has 0 heterocycles. The van der Waals surface area contributed by atoms with Crippen molar-refractivity contribution in [3.63, 3.8) is 0 Å². The maximum Gasteiger partial charge on any atom is 0.227 e. The second-order valence-electron chi connectivity index (χ2n) is 4.98. The van der Waals surface area contributed by atoms with Gasteiger partial charge in [0.2, 0.25) is 5.91 Å². The second-order valence-corrected chi connectivity index (χ2v) is 4.98. The van der Waals surface area contributed by atoms with E-state index in [9.17, 15) is 4.79 Å². The van der Waals surface area contributed by atoms with Crippen molar-refractivity contribution in [1.82, 2.24) is 0 Å². The molecule has 0 spiro atoms. The van der Waals surface area contributed by atoms with Gasteiger partial charge in [0.15, 0.2) is 0 Å². The number of amides is 1. The summed E-state index contributed by atoms with van der Waals surface area (Å²) in [5.41, 5.74) is 6.51. The summed E-state index contributed by atoms with van der Waals surface area (Å²) in [5.74, 6) is 1.25. The van der Waals surface area contributed by atoms with Crippen molar-refractivity contribution in [1.29, 1.82) is 0 Å². The van der Waals surface area contributed by atoms with Gasteiger partial charge in [-0.15, -0.1) is 0 Å². The van der Waals surface area contributed by atoms with E-state index in [4.69, 9.17) is 10.5 Å². The van der Waals surface area contributed by atoms with Gasteiger partial charge < -0.3 is 15.8 Å². The van der Waals surface area contributed by atoms with E-state index in [2.05, 4.69) is 5.32 Å². The first-order valence-corrected chi connectivity index (χ1v) is 6.98. The molecule has 0 bridgehead atoms. The smallest absolute Gasteiger partial charge is 0.227 e. The normalized spacial score (nSPS) is 22.2. The van der Waals surface area contributed by atoms with Crippen LogP contribution < -0.4 is 15.8 Å². The topological polar surface area (TPSA) is 64.3 Å². The first-order chi connectivity index (χ1) is 9.24. The van der Waals surface area contributed by atoms with Crippen LogP contribution in [0, 0.1) is 11.8 Å². The van der Waals surface area contributed by atoms with Crippen molar-refractivity contribution >= 4 is 11.6 Å². The van der Waals surface area contributed by atoms with E-state index in [0.717, 1.165) is 30.7 Å². The molecule has 0 aromatic heterocycles. The Morgan fingerprint density at radius 2 is 2.32 bits per heavy atom. The molecule has 1 aromatic rings. The van der Waals surface area contributed by atoms with Crippen LogP contribution >= 0.6 is 0 Å². The number of anilines is 1. The van der Waals surface area contributed by atoms with Crippen molar-refractivity contribution < 1.29 is 9.53 Å². The maximum atomic E-state index is 12.2. The average Bonchev–Trinajstić information content (AvgIpc) is 2.88. The fraction of sp³-hybridized carbons (Fsp3) is 0.533. The Morgan fingerprint density at radius 3 is 3.05 bits per heavy atom. The highest BCUT2D eigenvalue weighted by atomic mass is 16.5. The van der Waals surface area contributed by atoms with E-state index in [0.29, 0.717) is 19.1 Å². The maximum absolute atomic E-state index is 12.2. The number of nitrogens with two attached hydrogens (primary N) is 1. The van der Waals surface area contributed by atoms with Crippen LogP contribution in [-0.4, -0.2) is 19.1 Å². The molecular weight excluding hydrogens is 240 g/mol. The summed E-state index contributed by atoms with van der Waals surface area (Å²) < 4.78 is 5.42. The lowest BCUT2D eigenvalue weighted by molar-refractivity contribution is -0.120. The Kier molecular flexibility index (Phi) is 4.80. The first kappa shape index (κ1) is 13.9. The van der Waals surface area contributed by atoms with Crippen LogP contribution in [0.25, 0.3) is 0 Å². The molecule has 1 saturated carbocycles. The summed E-state index contributed by atoms with van der Waals surface area (Å²) in [6, 6.07) is 7.51. The molecular formula is C15H22N2O2. The van der Waals surface area contributed by atoms with Crippen molar-refractivity contribution in [2.45, 2.75) is 26.2 Å². The van der Waals surface area contributed by atoms with Gasteiger partial charge in [0.25, 0.3) is 0 Å². The predicted molar refractivity (Wildman–Crippen MR) is 76.1 cm³/mol. The highest BCUT2D eigenvalue weighted by Gasteiger charge is 2.31. The number of rotatable bonds is 5. The van der Waals surface area contributed by atoms with Crippen molar-refractivity contribution in [2.24, 2.45) is 17.6 Å². The highest BCUT2D eigenvalue weighted by Crippen LogP contribution is 2.32. The van der Waals surface area contributed by atoms with E-state index in [-0.39, 0.29) is 11.8 Å². The number of hydrogen-bond acceptors (Lipinski definition) is 3. The van der Waals surface area contributed by atoms with Crippen LogP contribution in [-0.2, 0) is 4.79 Å². The molecule has 1 aromatic carbocycles. The highest BCUT2D eigenvalue weighted by molar-refractivity contribution is 5.93. The fourth-order valence-corrected chi connectivity index (χ4v) is 2.73. The van der Waals surface area contributed by atoms with Gasteiger partial charge in [-0.2, -0.15) is 0 Å². The summed E-state index contributed by atoms with van der Waals surface area (Å²) in [5, 5.41) is 2.97. The lowest BCUT2D eigenvalue weighted by Gasteiger charge is -2.17. The third-order valence-corrected chi connectivity index (χ3v) is 3.71. The molecule has 0 aliphatic heterocycles. The minimum absolute atomic E-state index is 0.0562. The SMILES string of the molecule is CCOc1cccc(NC(=O)[C@@H]2CCC[C@@H]2CN)c1. The summed E-state index contributed by atoms with van der Waals surface area (Å²) in [6.45, 7) is 3.15. The summed E-state index contributed by atoms with van der Waals surface area (Å²) in [4.78, 5) is 12.2. The number of carbonyl (C=O) groups excluding carboxylic acids is 1. The summed E-state index contributed by atoms with van der Waals surface area (Å²) >= 11 is 0. The van der Waals surface area contributed by atoms with Gasteiger partial charge in [0, 0.05) is 17.7 Å². The van der Waals surface area contributed by atoms with Crippen molar-refractivity contribution in [2.75, 3.05) is 18.5 Å². The standard InChI is InChI=1S/C15H22N2O2/c1-2-19-13-7-4-6-12(9-13)17-15(18)14-8-3-5-11(14)10-16/h4,6-7,9,11,14H,2-3,5,8,10,16H2,1H3,(H,17,18)/t11-,14-/m1/s1. The third kappa shape index (κ3) is 3.47. The van der Waals surface area contributed by atoms with Gasteiger partial charge in [-0.3, -0.25) is 4.79 Å². The lowest BCUT2D eigenvalue weighted by atomic mass is 9.95. The number of carbonyl (C=O) groups is 1. The van der Waals surface area contributed by atoms with Gasteiger partial charge in [-0.1, -0.05) is 12.5 Å². The zero-order valence-electron chi connectivity index (χ0n) is 11.4. The quantitative estimate of drug-likeness (QED) is 0.856. The largest absolute Gasteiger partial charge is 0.494 e. The van der Waals surface area contributed by atoms with Crippen LogP contribution in [0.1, 0.15) is 26.2 Å². The van der Waals surface area contributed by atoms with Gasteiger partial charge in [-0.25, -0.2) is 0 Å². The summed E-state index contributed by atoms with van der Waals surface area (Å²) in [7, 11) is 0. The van der Waals surface area contributed by atoms with E-state index < -0.39 is 0 Å². The molecule has 0 saturated heterocycles. The van der Waals surface area contributed by atoms with E-state index >= 15 is 0 Å². The molecule has 0 unspecified atom stereocenters. The number of nitrogens with one attached hydrogen (secondary N) is 1. The minimum Gasteiger partial charge on any atom is -0.494 e. The molecule has 4 heteroatoms. The van der Waals surface area contributed by atoms with E-state index in [1.165, 1.54) is 0 Å². The Balaban J connectivity index is 2.00. The van der Waals surface area contributed by atoms with Gasteiger partial charge in [0.05, 0.1) is 6.61 Å². The summed E-state index contributed by atoms with van der Waals surface area (Å²) in [6.07, 6.45) is 3.10. The molecule has 4 nitrogen and oxygen atoms in total. The van der Waals surface area contributed by atoms with Crippen molar-refractivity contribution in [3.05, 3.63) is 24.3 Å². The van der Waals surface area contributed by atoms with E-state index in [1.54, 1.807) is 0 Å². The number of hydrogen-bond donors (Lipinski definition) is 2. The predicted octanol–water partition coefficient (Wildman–Crippen LogP) is 2.40. The van der Waals surface area contributed by atoms with Crippen LogP contribution in [0.5, 0.6) is 5.75 Å². The van der Waals surface area contributed by atoms with Crippen LogP contribution in [0.2, 0.25) is 0 Å². The first-order valence-electron chi connectivity index (χ1n) is 6.98. The van der Waals surface area contributed by atoms with Gasteiger partial charge >= 0.3 is 0 Å². The third-order valence-electron chi connectivity index (χ3n) is 3.71. The van der Waals surface area contributed by atoms with Gasteiger partial charge in [-0.05, 0) is 44.4 Å². The molecule has 2 rings (SSSR count). The number of benzene rings is 1. The fourth-order valence-electron chi connectivity index (χ4n) is 2.73. The minimum atomic E-state index is 0.0562. The molecule has 19 heavy (non-hydrogen) atoms. The molecule has 1 fully saturated rings. The zero-order chi connectivity index (χ0) is 13.7. The van der Waals surface area contributed by atoms with Crippen LogP contribution in [0.3, 0.4) is 0 Å². The lowest BCUT2D eigenvalue weighted by Crippen LogP contribution is -2.29. The van der Waals surface area contributed by atoms with Crippen molar-refractivity contribution in [3.8, 4) is 5.75 Å².